The van der Waals surface area contributed by atoms with E-state index in [9.17, 15) is 14.4 Å². The molecule has 0 unspecified atom stereocenters. The number of carbonyl (C=O) groups is 3. The second-order valence-corrected chi connectivity index (χ2v) is 6.56. The van der Waals surface area contributed by atoms with Crippen LogP contribution in [0.5, 0.6) is 5.75 Å². The van der Waals surface area contributed by atoms with Crippen LogP contribution in [0.15, 0.2) is 42.0 Å². The van der Waals surface area contributed by atoms with Gasteiger partial charge in [0.25, 0.3) is 11.8 Å². The first-order valence-corrected chi connectivity index (χ1v) is 8.63. The minimum Gasteiger partial charge on any atom is -0.496 e. The number of hydrogen-bond acceptors (Lipinski definition) is 4. The lowest BCUT2D eigenvalue weighted by molar-refractivity contribution is -0.123. The zero-order valence-electron chi connectivity index (χ0n) is 14.1. The molecule has 0 bridgehead atoms. The number of halogens is 2. The van der Waals surface area contributed by atoms with Gasteiger partial charge in [-0.05, 0) is 35.4 Å². The Hall–Kier alpha value is -2.83. The van der Waals surface area contributed by atoms with Crippen LogP contribution in [0.3, 0.4) is 0 Å². The van der Waals surface area contributed by atoms with Crippen LogP contribution in [0.25, 0.3) is 6.08 Å². The Bertz CT molecular complexity index is 964. The lowest BCUT2D eigenvalue weighted by atomic mass is 10.0. The van der Waals surface area contributed by atoms with E-state index >= 15 is 0 Å². The van der Waals surface area contributed by atoms with Crippen LogP contribution < -0.4 is 15.4 Å². The number of methoxy groups -OCH3 is 1. The SMILES string of the molecule is COc1cc(C=C2C(=O)NC(=O)NC2=O)cc(Cl)c1Cc1ccccc1Cl. The summed E-state index contributed by atoms with van der Waals surface area (Å²) in [6.45, 7) is 0. The third kappa shape index (κ3) is 4.13. The highest BCUT2D eigenvalue weighted by molar-refractivity contribution is 6.33. The lowest BCUT2D eigenvalue weighted by Gasteiger charge is -2.15. The summed E-state index contributed by atoms with van der Waals surface area (Å²) in [4.78, 5) is 34.9. The van der Waals surface area contributed by atoms with Gasteiger partial charge in [-0.25, -0.2) is 4.79 Å². The molecule has 0 radical (unpaired) electrons. The predicted octanol–water partition coefficient (Wildman–Crippen LogP) is 3.34. The fourth-order valence-electron chi connectivity index (χ4n) is 2.67. The van der Waals surface area contributed by atoms with Crippen LogP contribution in [0.4, 0.5) is 4.79 Å². The van der Waals surface area contributed by atoms with Crippen molar-refractivity contribution in [3.63, 3.8) is 0 Å². The summed E-state index contributed by atoms with van der Waals surface area (Å²) in [6.07, 6.45) is 1.79. The van der Waals surface area contributed by atoms with E-state index < -0.39 is 17.8 Å². The van der Waals surface area contributed by atoms with Crippen molar-refractivity contribution in [2.75, 3.05) is 7.11 Å². The maximum atomic E-state index is 11.9. The highest BCUT2D eigenvalue weighted by Gasteiger charge is 2.27. The Morgan fingerprint density at radius 2 is 1.67 bits per heavy atom. The lowest BCUT2D eigenvalue weighted by Crippen LogP contribution is -2.51. The van der Waals surface area contributed by atoms with Gasteiger partial charge in [-0.1, -0.05) is 41.4 Å². The number of barbiturate groups is 1. The van der Waals surface area contributed by atoms with Crippen LogP contribution in [-0.2, 0) is 16.0 Å². The number of benzene rings is 2. The molecule has 4 amide bonds. The third-order valence-corrected chi connectivity index (χ3v) is 4.68. The largest absolute Gasteiger partial charge is 0.496 e. The maximum Gasteiger partial charge on any atom is 0.328 e. The quantitative estimate of drug-likeness (QED) is 0.604. The molecular weight excluding hydrogens is 391 g/mol. The number of carbonyl (C=O) groups excluding carboxylic acids is 3. The molecule has 6 nitrogen and oxygen atoms in total. The van der Waals surface area contributed by atoms with Gasteiger partial charge in [0, 0.05) is 22.0 Å². The van der Waals surface area contributed by atoms with Crippen LogP contribution in [-0.4, -0.2) is 25.0 Å². The topological polar surface area (TPSA) is 84.5 Å². The molecule has 0 aromatic heterocycles. The smallest absolute Gasteiger partial charge is 0.328 e. The Morgan fingerprint density at radius 1 is 1.00 bits per heavy atom. The van der Waals surface area contributed by atoms with Crippen molar-refractivity contribution in [2.45, 2.75) is 6.42 Å². The van der Waals surface area contributed by atoms with Crippen molar-refractivity contribution in [3.05, 3.63) is 68.7 Å². The summed E-state index contributed by atoms with van der Waals surface area (Å²) in [5.41, 5.74) is 1.89. The number of hydrogen-bond donors (Lipinski definition) is 2. The summed E-state index contributed by atoms with van der Waals surface area (Å²) in [5, 5.41) is 5.04. The zero-order chi connectivity index (χ0) is 19.6. The van der Waals surface area contributed by atoms with E-state index in [4.69, 9.17) is 27.9 Å². The van der Waals surface area contributed by atoms with Gasteiger partial charge in [0.15, 0.2) is 0 Å². The van der Waals surface area contributed by atoms with E-state index in [0.717, 1.165) is 11.1 Å². The van der Waals surface area contributed by atoms with Gasteiger partial charge < -0.3 is 4.74 Å². The minimum atomic E-state index is -0.854. The molecule has 2 N–H and O–H groups in total. The summed E-state index contributed by atoms with van der Waals surface area (Å²) in [7, 11) is 1.50. The van der Waals surface area contributed by atoms with E-state index in [2.05, 4.69) is 0 Å². The summed E-state index contributed by atoms with van der Waals surface area (Å²) in [5.74, 6) is -1.07. The van der Waals surface area contributed by atoms with Crippen molar-refractivity contribution in [1.29, 1.82) is 0 Å². The Kier molecular flexibility index (Phi) is 5.48. The van der Waals surface area contributed by atoms with Gasteiger partial charge in [0.1, 0.15) is 11.3 Å². The molecule has 1 saturated heterocycles. The van der Waals surface area contributed by atoms with Gasteiger partial charge in [-0.2, -0.15) is 0 Å². The van der Waals surface area contributed by atoms with Crippen molar-refractivity contribution in [1.82, 2.24) is 10.6 Å². The molecule has 0 atom stereocenters. The van der Waals surface area contributed by atoms with Gasteiger partial charge >= 0.3 is 6.03 Å². The number of ether oxygens (including phenoxy) is 1. The molecule has 0 aliphatic carbocycles. The summed E-state index contributed by atoms with van der Waals surface area (Å²) >= 11 is 12.6. The Morgan fingerprint density at radius 3 is 2.30 bits per heavy atom. The first kappa shape index (κ1) is 18.9. The van der Waals surface area contributed by atoms with Crippen molar-refractivity contribution >= 4 is 47.1 Å². The fourth-order valence-corrected chi connectivity index (χ4v) is 3.16. The van der Waals surface area contributed by atoms with E-state index in [0.29, 0.717) is 27.8 Å². The molecule has 1 aliphatic rings. The average molecular weight is 405 g/mol. The Balaban J connectivity index is 1.98. The molecule has 2 aromatic carbocycles. The molecule has 3 rings (SSSR count). The molecule has 0 saturated carbocycles. The van der Waals surface area contributed by atoms with Crippen LogP contribution in [0.1, 0.15) is 16.7 Å². The third-order valence-electron chi connectivity index (χ3n) is 3.98. The van der Waals surface area contributed by atoms with E-state index in [-0.39, 0.29) is 5.57 Å². The van der Waals surface area contributed by atoms with Gasteiger partial charge in [0.05, 0.1) is 7.11 Å². The van der Waals surface area contributed by atoms with Crippen molar-refractivity contribution in [3.8, 4) is 5.75 Å². The molecule has 2 aromatic rings. The van der Waals surface area contributed by atoms with Gasteiger partial charge in [0.2, 0.25) is 0 Å². The molecule has 1 aliphatic heterocycles. The molecule has 138 valence electrons. The van der Waals surface area contributed by atoms with Gasteiger partial charge in [-0.3, -0.25) is 20.2 Å². The monoisotopic (exact) mass is 404 g/mol. The first-order chi connectivity index (χ1) is 12.9. The summed E-state index contributed by atoms with van der Waals surface area (Å²) < 4.78 is 5.43. The molecular formula is C19H14Cl2N2O4. The van der Waals surface area contributed by atoms with Crippen LogP contribution in [0, 0.1) is 0 Å². The first-order valence-electron chi connectivity index (χ1n) is 7.87. The standard InChI is InChI=1S/C19H14Cl2N2O4/c1-27-16-8-10(6-13-17(24)22-19(26)23-18(13)25)7-15(21)12(16)9-11-4-2-3-5-14(11)20/h2-8H,9H2,1H3,(H2,22,23,24,25,26). The predicted molar refractivity (Wildman–Crippen MR) is 102 cm³/mol. The second kappa shape index (κ2) is 7.82. The normalized spacial score (nSPS) is 13.9. The highest BCUT2D eigenvalue weighted by atomic mass is 35.5. The molecule has 27 heavy (non-hydrogen) atoms. The second-order valence-electron chi connectivity index (χ2n) is 5.75. The van der Waals surface area contributed by atoms with Crippen molar-refractivity contribution in [2.24, 2.45) is 0 Å². The molecule has 1 fully saturated rings. The van der Waals surface area contributed by atoms with Crippen molar-refractivity contribution < 1.29 is 19.1 Å². The molecule has 8 heteroatoms. The van der Waals surface area contributed by atoms with E-state index in [1.54, 1.807) is 18.2 Å². The number of imide groups is 2. The molecule has 0 spiro atoms. The number of rotatable bonds is 4. The molecule has 1 heterocycles. The number of nitrogens with one attached hydrogen (secondary N) is 2. The fraction of sp³-hybridized carbons (Fsp3) is 0.105. The summed E-state index contributed by atoms with van der Waals surface area (Å²) in [6, 6.07) is 9.81. The van der Waals surface area contributed by atoms with E-state index in [1.807, 2.05) is 28.8 Å². The van der Waals surface area contributed by atoms with Crippen LogP contribution >= 0.6 is 23.2 Å². The van der Waals surface area contributed by atoms with E-state index in [1.165, 1.54) is 13.2 Å². The number of urea groups is 1. The zero-order valence-corrected chi connectivity index (χ0v) is 15.6. The Labute approximate surface area is 165 Å². The number of amides is 4. The van der Waals surface area contributed by atoms with Gasteiger partial charge in [-0.15, -0.1) is 0 Å². The van der Waals surface area contributed by atoms with Crippen LogP contribution in [0.2, 0.25) is 10.0 Å². The maximum absolute atomic E-state index is 11.9. The highest BCUT2D eigenvalue weighted by Crippen LogP contribution is 2.33. The average Bonchev–Trinajstić information content (AvgIpc) is 2.61. The minimum absolute atomic E-state index is 0.202.